The van der Waals surface area contributed by atoms with Crippen molar-refractivity contribution >= 4 is 23.3 Å². The van der Waals surface area contributed by atoms with Gasteiger partial charge in [0.05, 0.1) is 14.2 Å². The van der Waals surface area contributed by atoms with Gasteiger partial charge in [-0.2, -0.15) is 0 Å². The highest BCUT2D eigenvalue weighted by molar-refractivity contribution is 5.76. The second-order valence-corrected chi connectivity index (χ2v) is 6.69. The van der Waals surface area contributed by atoms with E-state index in [9.17, 15) is 9.59 Å². The predicted octanol–water partition coefficient (Wildman–Crippen LogP) is 2.89. The van der Waals surface area contributed by atoms with Crippen LogP contribution in [0.1, 0.15) is 38.1 Å². The minimum Gasteiger partial charge on any atom is -0.497 e. The number of ether oxygens (including phenoxy) is 2. The normalized spacial score (nSPS) is 11.4. The zero-order chi connectivity index (χ0) is 21.0. The zero-order valence-corrected chi connectivity index (χ0v) is 17.2. The number of aryl methyl sites for hydroxylation is 1. The number of benzene rings is 1. The van der Waals surface area contributed by atoms with Gasteiger partial charge in [0.2, 0.25) is 0 Å². The molecule has 0 unspecified atom stereocenters. The molecule has 8 heteroatoms. The Morgan fingerprint density at radius 2 is 1.59 bits per heavy atom. The van der Waals surface area contributed by atoms with Crippen molar-refractivity contribution in [2.24, 2.45) is 0 Å². The van der Waals surface area contributed by atoms with E-state index in [2.05, 4.69) is 9.97 Å². The molecule has 8 nitrogen and oxygen atoms in total. The molecular formula is C21H26N4O4. The summed E-state index contributed by atoms with van der Waals surface area (Å²) in [6.07, 6.45) is 5.07. The van der Waals surface area contributed by atoms with Crippen LogP contribution in [0.25, 0.3) is 23.3 Å². The third-order valence-corrected chi connectivity index (χ3v) is 4.58. The second-order valence-electron chi connectivity index (χ2n) is 6.69. The molecule has 0 radical (unpaired) electrons. The number of hydrogen-bond acceptors (Lipinski definition) is 5. The van der Waals surface area contributed by atoms with Gasteiger partial charge in [-0.25, -0.2) is 9.78 Å². The quantitative estimate of drug-likeness (QED) is 0.630. The summed E-state index contributed by atoms with van der Waals surface area (Å²) in [6.45, 7) is 4.80. The van der Waals surface area contributed by atoms with Gasteiger partial charge < -0.3 is 14.5 Å². The summed E-state index contributed by atoms with van der Waals surface area (Å²) >= 11 is 0. The maximum atomic E-state index is 12.8. The SMILES string of the molecule is CCCn1c(=O)c2[nH]c(C=Cc3cc(OC)cc(OC)c3)nc2n(CCC)c1=O. The fourth-order valence-corrected chi connectivity index (χ4v) is 3.21. The van der Waals surface area contributed by atoms with Crippen molar-refractivity contribution < 1.29 is 9.47 Å². The van der Waals surface area contributed by atoms with Crippen LogP contribution in [0.15, 0.2) is 27.8 Å². The molecule has 0 saturated carbocycles. The molecule has 3 rings (SSSR count). The Balaban J connectivity index is 2.09. The molecule has 0 amide bonds. The van der Waals surface area contributed by atoms with E-state index < -0.39 is 0 Å². The average molecular weight is 398 g/mol. The first-order valence-electron chi connectivity index (χ1n) is 9.66. The summed E-state index contributed by atoms with van der Waals surface area (Å²) < 4.78 is 13.4. The lowest BCUT2D eigenvalue weighted by Gasteiger charge is -2.09. The Hall–Kier alpha value is -3.29. The molecule has 1 aromatic carbocycles. The maximum absolute atomic E-state index is 12.8. The summed E-state index contributed by atoms with van der Waals surface area (Å²) in [6, 6.07) is 5.52. The first-order valence-corrected chi connectivity index (χ1v) is 9.66. The van der Waals surface area contributed by atoms with Crippen LogP contribution in [0.2, 0.25) is 0 Å². The van der Waals surface area contributed by atoms with Crippen LogP contribution in [-0.2, 0) is 13.1 Å². The minimum atomic E-state index is -0.339. The van der Waals surface area contributed by atoms with Crippen LogP contribution in [0.3, 0.4) is 0 Å². The van der Waals surface area contributed by atoms with Crippen LogP contribution in [0, 0.1) is 0 Å². The van der Waals surface area contributed by atoms with Crippen LogP contribution in [-0.4, -0.2) is 33.3 Å². The lowest BCUT2D eigenvalue weighted by atomic mass is 10.2. The van der Waals surface area contributed by atoms with E-state index in [1.807, 2.05) is 32.1 Å². The van der Waals surface area contributed by atoms with Gasteiger partial charge in [-0.05, 0) is 36.6 Å². The number of imidazole rings is 1. The van der Waals surface area contributed by atoms with Crippen LogP contribution < -0.4 is 20.7 Å². The largest absolute Gasteiger partial charge is 0.497 e. The number of fused-ring (bicyclic) bond motifs is 1. The van der Waals surface area contributed by atoms with Gasteiger partial charge in [-0.3, -0.25) is 13.9 Å². The van der Waals surface area contributed by atoms with E-state index in [0.29, 0.717) is 48.0 Å². The molecule has 0 atom stereocenters. The van der Waals surface area contributed by atoms with Crippen molar-refractivity contribution in [1.29, 1.82) is 0 Å². The highest BCUT2D eigenvalue weighted by Gasteiger charge is 2.15. The van der Waals surface area contributed by atoms with Crippen molar-refractivity contribution in [2.45, 2.75) is 39.8 Å². The first-order chi connectivity index (χ1) is 14.0. The molecule has 2 aromatic heterocycles. The lowest BCUT2D eigenvalue weighted by Crippen LogP contribution is -2.40. The number of aromatic nitrogens is 4. The molecule has 0 bridgehead atoms. The molecule has 0 aliphatic carbocycles. The van der Waals surface area contributed by atoms with Crippen LogP contribution in [0.5, 0.6) is 11.5 Å². The summed E-state index contributed by atoms with van der Waals surface area (Å²) in [5.74, 6) is 1.85. The summed E-state index contributed by atoms with van der Waals surface area (Å²) in [7, 11) is 3.19. The van der Waals surface area contributed by atoms with Crippen molar-refractivity contribution in [3.63, 3.8) is 0 Å². The number of hydrogen-bond donors (Lipinski definition) is 1. The summed E-state index contributed by atoms with van der Waals surface area (Å²) in [5.41, 5.74) is 0.933. The molecular weight excluding hydrogens is 372 g/mol. The van der Waals surface area contributed by atoms with E-state index in [-0.39, 0.29) is 11.2 Å². The van der Waals surface area contributed by atoms with Crippen molar-refractivity contribution in [3.05, 3.63) is 50.4 Å². The molecule has 0 spiro atoms. The Labute approximate surface area is 168 Å². The number of rotatable bonds is 8. The van der Waals surface area contributed by atoms with Gasteiger partial charge in [0.1, 0.15) is 22.8 Å². The van der Waals surface area contributed by atoms with Gasteiger partial charge in [0.25, 0.3) is 5.56 Å². The van der Waals surface area contributed by atoms with Gasteiger partial charge in [0.15, 0.2) is 5.65 Å². The molecule has 154 valence electrons. The number of aromatic amines is 1. The maximum Gasteiger partial charge on any atom is 0.332 e. The van der Waals surface area contributed by atoms with E-state index in [0.717, 1.165) is 12.0 Å². The third-order valence-electron chi connectivity index (χ3n) is 4.58. The molecule has 0 aliphatic heterocycles. The molecule has 1 N–H and O–H groups in total. The smallest absolute Gasteiger partial charge is 0.332 e. The molecule has 29 heavy (non-hydrogen) atoms. The van der Waals surface area contributed by atoms with E-state index in [1.54, 1.807) is 30.9 Å². The Kier molecular flexibility index (Phi) is 6.21. The monoisotopic (exact) mass is 398 g/mol. The standard InChI is InChI=1S/C21H26N4O4/c1-5-9-24-19-18(20(26)25(10-6-2)21(24)27)22-17(23-19)8-7-14-11-15(28-3)13-16(12-14)29-4/h7-8,11-13H,5-6,9-10H2,1-4H3,(H,22,23). The van der Waals surface area contributed by atoms with Crippen molar-refractivity contribution in [3.8, 4) is 11.5 Å². The Bertz CT molecular complexity index is 1130. The third kappa shape index (κ3) is 4.11. The van der Waals surface area contributed by atoms with Gasteiger partial charge in [-0.15, -0.1) is 0 Å². The highest BCUT2D eigenvalue weighted by Crippen LogP contribution is 2.23. The fraction of sp³-hybridized carbons (Fsp3) is 0.381. The molecule has 3 aromatic rings. The second kappa shape index (κ2) is 8.81. The highest BCUT2D eigenvalue weighted by atomic mass is 16.5. The van der Waals surface area contributed by atoms with Crippen molar-refractivity contribution in [1.82, 2.24) is 19.1 Å². The summed E-state index contributed by atoms with van der Waals surface area (Å²) in [4.78, 5) is 33.1. The topological polar surface area (TPSA) is 91.1 Å². The predicted molar refractivity (Wildman–Crippen MR) is 114 cm³/mol. The molecule has 2 heterocycles. The van der Waals surface area contributed by atoms with Gasteiger partial charge in [0, 0.05) is 19.2 Å². The van der Waals surface area contributed by atoms with Crippen LogP contribution in [0.4, 0.5) is 0 Å². The van der Waals surface area contributed by atoms with Crippen LogP contribution >= 0.6 is 0 Å². The van der Waals surface area contributed by atoms with Crippen molar-refractivity contribution in [2.75, 3.05) is 14.2 Å². The zero-order valence-electron chi connectivity index (χ0n) is 17.2. The van der Waals surface area contributed by atoms with E-state index in [1.165, 1.54) is 4.57 Å². The number of nitrogens with zero attached hydrogens (tertiary/aromatic N) is 3. The number of nitrogens with one attached hydrogen (secondary N) is 1. The molecule has 0 aliphatic rings. The van der Waals surface area contributed by atoms with E-state index >= 15 is 0 Å². The van der Waals surface area contributed by atoms with Gasteiger partial charge in [-0.1, -0.05) is 19.9 Å². The van der Waals surface area contributed by atoms with E-state index in [4.69, 9.17) is 9.47 Å². The Morgan fingerprint density at radius 1 is 0.966 bits per heavy atom. The van der Waals surface area contributed by atoms with Gasteiger partial charge >= 0.3 is 5.69 Å². The summed E-state index contributed by atoms with van der Waals surface area (Å²) in [5, 5.41) is 0. The lowest BCUT2D eigenvalue weighted by molar-refractivity contribution is 0.394. The molecule has 0 saturated heterocycles. The molecule has 0 fully saturated rings. The Morgan fingerprint density at radius 3 is 2.17 bits per heavy atom. The number of H-pyrrole nitrogens is 1. The number of methoxy groups -OCH3 is 2. The first kappa shape index (κ1) is 20.4. The average Bonchev–Trinajstić information content (AvgIpc) is 3.16. The minimum absolute atomic E-state index is 0.314. The fourth-order valence-electron chi connectivity index (χ4n) is 3.21.